The van der Waals surface area contributed by atoms with Gasteiger partial charge >= 0.3 is 6.09 Å². The SMILES string of the molecule is CC(C)(C)OC(=O)NNC(=O)C(CCCl)c1ccccc1F. The zero-order valence-electron chi connectivity index (χ0n) is 12.8. The molecular weight excluding hydrogens is 311 g/mol. The van der Waals surface area contributed by atoms with E-state index in [2.05, 4.69) is 10.9 Å². The topological polar surface area (TPSA) is 67.4 Å². The summed E-state index contributed by atoms with van der Waals surface area (Å²) in [5.41, 5.74) is 3.91. The van der Waals surface area contributed by atoms with Crippen molar-refractivity contribution in [2.75, 3.05) is 5.88 Å². The van der Waals surface area contributed by atoms with E-state index in [1.54, 1.807) is 26.8 Å². The van der Waals surface area contributed by atoms with Crippen molar-refractivity contribution in [1.82, 2.24) is 10.9 Å². The lowest BCUT2D eigenvalue weighted by atomic mass is 9.95. The maximum Gasteiger partial charge on any atom is 0.426 e. The molecule has 0 saturated carbocycles. The minimum Gasteiger partial charge on any atom is -0.443 e. The molecule has 0 aromatic heterocycles. The van der Waals surface area contributed by atoms with Crippen LogP contribution in [0.4, 0.5) is 9.18 Å². The number of carbonyl (C=O) groups excluding carboxylic acids is 2. The van der Waals surface area contributed by atoms with Gasteiger partial charge in [0, 0.05) is 11.4 Å². The molecule has 5 nitrogen and oxygen atoms in total. The fraction of sp³-hybridized carbons (Fsp3) is 0.467. The molecule has 0 heterocycles. The van der Waals surface area contributed by atoms with Gasteiger partial charge < -0.3 is 4.74 Å². The van der Waals surface area contributed by atoms with Crippen LogP contribution in [0, 0.1) is 5.82 Å². The lowest BCUT2D eigenvalue weighted by molar-refractivity contribution is -0.123. The Balaban J connectivity index is 2.71. The molecule has 1 rings (SSSR count). The number of hydrogen-bond donors (Lipinski definition) is 2. The summed E-state index contributed by atoms with van der Waals surface area (Å²) in [6.07, 6.45) is -0.552. The summed E-state index contributed by atoms with van der Waals surface area (Å²) in [6.45, 7) is 5.10. The smallest absolute Gasteiger partial charge is 0.426 e. The van der Waals surface area contributed by atoms with Crippen molar-refractivity contribution < 1.29 is 18.7 Å². The second-order valence-corrected chi connectivity index (χ2v) is 6.05. The van der Waals surface area contributed by atoms with Gasteiger partial charge in [0.2, 0.25) is 5.91 Å². The van der Waals surface area contributed by atoms with E-state index in [-0.39, 0.29) is 17.9 Å². The van der Waals surface area contributed by atoms with Gasteiger partial charge in [-0.25, -0.2) is 14.6 Å². The van der Waals surface area contributed by atoms with Crippen LogP contribution in [-0.4, -0.2) is 23.5 Å². The fourth-order valence-corrected chi connectivity index (χ4v) is 2.02. The van der Waals surface area contributed by atoms with Crippen LogP contribution in [0.2, 0.25) is 0 Å². The normalized spacial score (nSPS) is 12.4. The summed E-state index contributed by atoms with van der Waals surface area (Å²) in [5, 5.41) is 0. The Bertz CT molecular complexity index is 532. The molecule has 0 radical (unpaired) electrons. The van der Waals surface area contributed by atoms with Crippen LogP contribution in [0.15, 0.2) is 24.3 Å². The zero-order valence-corrected chi connectivity index (χ0v) is 13.5. The minimum absolute atomic E-state index is 0.179. The maximum atomic E-state index is 13.8. The molecule has 22 heavy (non-hydrogen) atoms. The third-order valence-corrected chi connectivity index (χ3v) is 2.90. The van der Waals surface area contributed by atoms with Gasteiger partial charge in [-0.05, 0) is 33.3 Å². The van der Waals surface area contributed by atoms with E-state index in [1.165, 1.54) is 18.2 Å². The first-order chi connectivity index (χ1) is 10.2. The molecule has 7 heteroatoms. The first-order valence-electron chi connectivity index (χ1n) is 6.84. The molecular formula is C15H20ClFN2O3. The average molecular weight is 331 g/mol. The second kappa shape index (κ2) is 7.98. The number of ether oxygens (including phenoxy) is 1. The van der Waals surface area contributed by atoms with Crippen molar-refractivity contribution in [2.24, 2.45) is 0 Å². The van der Waals surface area contributed by atoms with Gasteiger partial charge in [0.1, 0.15) is 11.4 Å². The van der Waals surface area contributed by atoms with Crippen LogP contribution in [0.1, 0.15) is 38.7 Å². The predicted octanol–water partition coefficient (Wildman–Crippen LogP) is 3.09. The van der Waals surface area contributed by atoms with E-state index in [0.29, 0.717) is 0 Å². The van der Waals surface area contributed by atoms with E-state index >= 15 is 0 Å². The zero-order chi connectivity index (χ0) is 16.8. The first-order valence-corrected chi connectivity index (χ1v) is 7.37. The number of rotatable bonds is 4. The molecule has 1 aromatic carbocycles. The molecule has 2 N–H and O–H groups in total. The molecule has 1 aromatic rings. The molecule has 0 aliphatic carbocycles. The molecule has 0 bridgehead atoms. The molecule has 122 valence electrons. The summed E-state index contributed by atoms with van der Waals surface area (Å²) in [5.74, 6) is -1.67. The highest BCUT2D eigenvalue weighted by Gasteiger charge is 2.24. The van der Waals surface area contributed by atoms with Crippen LogP contribution in [0.5, 0.6) is 0 Å². The highest BCUT2D eigenvalue weighted by molar-refractivity contribution is 6.18. The molecule has 1 unspecified atom stereocenters. The standard InChI is InChI=1S/C15H20ClFN2O3/c1-15(2,3)22-14(21)19-18-13(20)11(8-9-16)10-6-4-5-7-12(10)17/h4-7,11H,8-9H2,1-3H3,(H,18,20)(H,19,21). The van der Waals surface area contributed by atoms with Crippen molar-refractivity contribution in [3.63, 3.8) is 0 Å². The van der Waals surface area contributed by atoms with Gasteiger partial charge in [-0.1, -0.05) is 18.2 Å². The van der Waals surface area contributed by atoms with Crippen molar-refractivity contribution in [3.8, 4) is 0 Å². The Labute approximate surface area is 134 Å². The highest BCUT2D eigenvalue weighted by Crippen LogP contribution is 2.23. The van der Waals surface area contributed by atoms with Crippen molar-refractivity contribution in [1.29, 1.82) is 0 Å². The van der Waals surface area contributed by atoms with E-state index in [4.69, 9.17) is 16.3 Å². The summed E-state index contributed by atoms with van der Waals surface area (Å²) in [6, 6.07) is 5.95. The third kappa shape index (κ3) is 5.89. The Morgan fingerprint density at radius 3 is 2.45 bits per heavy atom. The maximum absolute atomic E-state index is 13.8. The quantitative estimate of drug-likeness (QED) is 0.658. The highest BCUT2D eigenvalue weighted by atomic mass is 35.5. The van der Waals surface area contributed by atoms with Gasteiger partial charge in [0.15, 0.2) is 0 Å². The average Bonchev–Trinajstić information content (AvgIpc) is 2.41. The number of hydrogen-bond acceptors (Lipinski definition) is 3. The monoisotopic (exact) mass is 330 g/mol. The molecule has 2 amide bonds. The Kier molecular flexibility index (Phi) is 6.61. The van der Waals surface area contributed by atoms with Crippen LogP contribution in [-0.2, 0) is 9.53 Å². The van der Waals surface area contributed by atoms with Gasteiger partial charge in [-0.3, -0.25) is 10.2 Å². The number of amides is 2. The number of nitrogens with one attached hydrogen (secondary N) is 2. The van der Waals surface area contributed by atoms with Crippen molar-refractivity contribution in [3.05, 3.63) is 35.6 Å². The predicted molar refractivity (Wildman–Crippen MR) is 82.0 cm³/mol. The summed E-state index contributed by atoms with van der Waals surface area (Å²) >= 11 is 5.68. The largest absolute Gasteiger partial charge is 0.443 e. The minimum atomic E-state index is -0.798. The van der Waals surface area contributed by atoms with Crippen molar-refractivity contribution >= 4 is 23.6 Å². The summed E-state index contributed by atoms with van der Waals surface area (Å²) < 4.78 is 18.8. The Morgan fingerprint density at radius 1 is 1.27 bits per heavy atom. The molecule has 0 aliphatic rings. The fourth-order valence-electron chi connectivity index (χ4n) is 1.80. The van der Waals surface area contributed by atoms with Gasteiger partial charge in [0.25, 0.3) is 0 Å². The lowest BCUT2D eigenvalue weighted by Gasteiger charge is -2.21. The van der Waals surface area contributed by atoms with E-state index in [9.17, 15) is 14.0 Å². The van der Waals surface area contributed by atoms with Crippen LogP contribution in [0.25, 0.3) is 0 Å². The molecule has 0 fully saturated rings. The lowest BCUT2D eigenvalue weighted by Crippen LogP contribution is -2.46. The van der Waals surface area contributed by atoms with Crippen LogP contribution in [0.3, 0.4) is 0 Å². The molecule has 0 spiro atoms. The molecule has 1 atom stereocenters. The number of hydrazine groups is 1. The third-order valence-electron chi connectivity index (χ3n) is 2.68. The number of alkyl halides is 1. The number of carbonyl (C=O) groups is 2. The van der Waals surface area contributed by atoms with E-state index < -0.39 is 29.3 Å². The number of halogens is 2. The van der Waals surface area contributed by atoms with E-state index in [0.717, 1.165) is 0 Å². The first kappa shape index (κ1) is 18.2. The van der Waals surface area contributed by atoms with Gasteiger partial charge in [0.05, 0.1) is 5.92 Å². The Hall–Kier alpha value is -1.82. The van der Waals surface area contributed by atoms with Crippen LogP contribution < -0.4 is 10.9 Å². The Morgan fingerprint density at radius 2 is 1.91 bits per heavy atom. The van der Waals surface area contributed by atoms with Crippen molar-refractivity contribution in [2.45, 2.75) is 38.7 Å². The summed E-state index contributed by atoms with van der Waals surface area (Å²) in [7, 11) is 0. The van der Waals surface area contributed by atoms with Gasteiger partial charge in [-0.2, -0.15) is 0 Å². The second-order valence-electron chi connectivity index (χ2n) is 5.67. The van der Waals surface area contributed by atoms with E-state index in [1.807, 2.05) is 0 Å². The molecule has 0 aliphatic heterocycles. The molecule has 0 saturated heterocycles. The van der Waals surface area contributed by atoms with Crippen LogP contribution >= 0.6 is 11.6 Å². The number of benzene rings is 1. The van der Waals surface area contributed by atoms with Gasteiger partial charge in [-0.15, -0.1) is 11.6 Å². The summed E-state index contributed by atoms with van der Waals surface area (Å²) in [4.78, 5) is 23.6.